The zero-order chi connectivity index (χ0) is 11.7. The lowest BCUT2D eigenvalue weighted by molar-refractivity contribution is 0.137. The van der Waals surface area contributed by atoms with Crippen LogP contribution >= 0.6 is 11.8 Å². The van der Waals surface area contributed by atoms with Gasteiger partial charge in [0.1, 0.15) is 0 Å². The molecular weight excluding hydrogens is 232 g/mol. The maximum atomic E-state index is 11.5. The smallest absolute Gasteiger partial charge is 0.329 e. The molecule has 3 N–H and O–H groups in total. The van der Waals surface area contributed by atoms with Crippen LogP contribution in [-0.4, -0.2) is 37.7 Å². The molecule has 1 aromatic heterocycles. The number of hydrogen-bond donors (Lipinski definition) is 3. The van der Waals surface area contributed by atoms with Gasteiger partial charge in [0.05, 0.1) is 23.3 Å². The second-order valence-corrected chi connectivity index (χ2v) is 5.05. The molecule has 0 bridgehead atoms. The highest BCUT2D eigenvalue weighted by atomic mass is 32.2. The maximum Gasteiger partial charge on any atom is 0.329 e. The summed E-state index contributed by atoms with van der Waals surface area (Å²) in [5, 5.41) is 18.1. The molecule has 6 nitrogen and oxygen atoms in total. The van der Waals surface area contributed by atoms with Gasteiger partial charge < -0.3 is 10.2 Å². The number of aromatic nitrogens is 2. The lowest BCUT2D eigenvalue weighted by Gasteiger charge is -2.11. The lowest BCUT2D eigenvalue weighted by atomic mass is 10.2. The Balaban J connectivity index is 2.27. The number of thioether (sulfide) groups is 1. The normalized spacial score (nSPS) is 29.5. The second kappa shape index (κ2) is 4.44. The molecule has 2 heterocycles. The standard InChI is InChI=1S/C9H12N2O4S/c12-4-6-5(13)3-8(16-6)11-2-1-7(14)10-9(11)15/h1-2,5-6,8,12-13H,3-4H2,(H,10,14,15)/t5?,6-,8+/m0/s1. The number of H-pyrrole nitrogens is 1. The number of aliphatic hydroxyl groups is 2. The molecule has 1 aliphatic rings. The van der Waals surface area contributed by atoms with Gasteiger partial charge in [0.15, 0.2) is 0 Å². The summed E-state index contributed by atoms with van der Waals surface area (Å²) in [6, 6.07) is 1.26. The molecule has 0 spiro atoms. The molecule has 16 heavy (non-hydrogen) atoms. The number of nitrogens with one attached hydrogen (secondary N) is 1. The average molecular weight is 244 g/mol. The first-order valence-corrected chi connectivity index (χ1v) is 5.82. The summed E-state index contributed by atoms with van der Waals surface area (Å²) in [6.07, 6.45) is 1.17. The van der Waals surface area contributed by atoms with Crippen LogP contribution in [0.15, 0.2) is 21.9 Å². The fourth-order valence-electron chi connectivity index (χ4n) is 1.70. The third-order valence-corrected chi connectivity index (χ3v) is 4.09. The van der Waals surface area contributed by atoms with Crippen molar-refractivity contribution in [2.75, 3.05) is 6.61 Å². The van der Waals surface area contributed by atoms with Crippen molar-refractivity contribution >= 4 is 11.8 Å². The summed E-state index contributed by atoms with van der Waals surface area (Å²) in [4.78, 5) is 24.5. The van der Waals surface area contributed by atoms with E-state index >= 15 is 0 Å². The molecule has 1 aliphatic heterocycles. The molecule has 0 aliphatic carbocycles. The van der Waals surface area contributed by atoms with Gasteiger partial charge in [-0.05, 0) is 0 Å². The number of aliphatic hydroxyl groups excluding tert-OH is 2. The van der Waals surface area contributed by atoms with E-state index in [1.54, 1.807) is 0 Å². The van der Waals surface area contributed by atoms with Crippen molar-refractivity contribution in [1.29, 1.82) is 0 Å². The van der Waals surface area contributed by atoms with Gasteiger partial charge in [-0.15, -0.1) is 11.8 Å². The minimum absolute atomic E-state index is 0.125. The van der Waals surface area contributed by atoms with Crippen LogP contribution in [0.25, 0.3) is 0 Å². The van der Waals surface area contributed by atoms with E-state index in [0.29, 0.717) is 6.42 Å². The van der Waals surface area contributed by atoms with Crippen LogP contribution in [0, 0.1) is 0 Å². The van der Waals surface area contributed by atoms with E-state index in [-0.39, 0.29) is 17.2 Å². The van der Waals surface area contributed by atoms with E-state index in [4.69, 9.17) is 5.11 Å². The van der Waals surface area contributed by atoms with Gasteiger partial charge in [0.25, 0.3) is 5.56 Å². The Morgan fingerprint density at radius 1 is 1.56 bits per heavy atom. The molecule has 0 amide bonds. The van der Waals surface area contributed by atoms with Crippen molar-refractivity contribution in [3.05, 3.63) is 33.1 Å². The Morgan fingerprint density at radius 3 is 2.88 bits per heavy atom. The minimum Gasteiger partial charge on any atom is -0.395 e. The largest absolute Gasteiger partial charge is 0.395 e. The zero-order valence-electron chi connectivity index (χ0n) is 8.37. The van der Waals surface area contributed by atoms with Crippen LogP contribution in [0.2, 0.25) is 0 Å². The van der Waals surface area contributed by atoms with Crippen LogP contribution in [0.4, 0.5) is 0 Å². The highest BCUT2D eigenvalue weighted by molar-refractivity contribution is 8.00. The summed E-state index contributed by atoms with van der Waals surface area (Å²) in [5.74, 6) is 0. The molecule has 2 rings (SSSR count). The van der Waals surface area contributed by atoms with Crippen LogP contribution in [0.1, 0.15) is 11.8 Å². The first-order valence-electron chi connectivity index (χ1n) is 4.87. The van der Waals surface area contributed by atoms with E-state index < -0.39 is 17.4 Å². The van der Waals surface area contributed by atoms with Gasteiger partial charge in [0.2, 0.25) is 0 Å². The molecule has 1 unspecified atom stereocenters. The molecule has 88 valence electrons. The molecule has 1 aromatic rings. The van der Waals surface area contributed by atoms with E-state index in [9.17, 15) is 14.7 Å². The number of hydrogen-bond acceptors (Lipinski definition) is 5. The summed E-state index contributed by atoms with van der Waals surface area (Å²) in [5.41, 5.74) is -0.931. The van der Waals surface area contributed by atoms with Crippen molar-refractivity contribution < 1.29 is 10.2 Å². The van der Waals surface area contributed by atoms with E-state index in [2.05, 4.69) is 4.98 Å². The summed E-state index contributed by atoms with van der Waals surface area (Å²) < 4.78 is 1.37. The molecular formula is C9H12N2O4S. The van der Waals surface area contributed by atoms with Gasteiger partial charge in [-0.2, -0.15) is 0 Å². The Labute approximate surface area is 94.9 Å². The number of nitrogens with zero attached hydrogens (tertiary/aromatic N) is 1. The Hall–Kier alpha value is -1.05. The van der Waals surface area contributed by atoms with Crippen molar-refractivity contribution in [2.45, 2.75) is 23.1 Å². The highest BCUT2D eigenvalue weighted by Gasteiger charge is 2.34. The van der Waals surface area contributed by atoms with Gasteiger partial charge >= 0.3 is 5.69 Å². The van der Waals surface area contributed by atoms with Crippen molar-refractivity contribution in [2.24, 2.45) is 0 Å². The Morgan fingerprint density at radius 2 is 2.31 bits per heavy atom. The zero-order valence-corrected chi connectivity index (χ0v) is 9.18. The Kier molecular flexibility index (Phi) is 3.17. The fourth-order valence-corrected chi connectivity index (χ4v) is 3.09. The van der Waals surface area contributed by atoms with Crippen molar-refractivity contribution in [1.82, 2.24) is 9.55 Å². The van der Waals surface area contributed by atoms with Crippen molar-refractivity contribution in [3.63, 3.8) is 0 Å². The van der Waals surface area contributed by atoms with E-state index in [0.717, 1.165) is 0 Å². The lowest BCUT2D eigenvalue weighted by Crippen LogP contribution is -2.30. The topological polar surface area (TPSA) is 95.3 Å². The molecule has 7 heteroatoms. The van der Waals surface area contributed by atoms with Crippen molar-refractivity contribution in [3.8, 4) is 0 Å². The number of rotatable bonds is 2. The monoisotopic (exact) mass is 244 g/mol. The van der Waals surface area contributed by atoms with Crippen LogP contribution in [-0.2, 0) is 0 Å². The van der Waals surface area contributed by atoms with E-state index in [1.165, 1.54) is 28.6 Å². The minimum atomic E-state index is -0.626. The molecule has 1 saturated heterocycles. The van der Waals surface area contributed by atoms with Gasteiger partial charge in [-0.25, -0.2) is 4.79 Å². The summed E-state index contributed by atoms with van der Waals surface area (Å²) >= 11 is 1.33. The van der Waals surface area contributed by atoms with Crippen LogP contribution in [0.5, 0.6) is 0 Å². The summed E-state index contributed by atoms with van der Waals surface area (Å²) in [6.45, 7) is -0.125. The first-order chi connectivity index (χ1) is 7.61. The van der Waals surface area contributed by atoms with Gasteiger partial charge in [-0.1, -0.05) is 0 Å². The summed E-state index contributed by atoms with van der Waals surface area (Å²) in [7, 11) is 0. The third kappa shape index (κ3) is 2.06. The fraction of sp³-hybridized carbons (Fsp3) is 0.556. The third-order valence-electron chi connectivity index (χ3n) is 2.55. The molecule has 0 aromatic carbocycles. The SMILES string of the molecule is O=c1ccn([C@H]2CC(O)[C@H](CO)S2)c(=O)[nH]1. The number of aromatic amines is 1. The first kappa shape index (κ1) is 11.4. The van der Waals surface area contributed by atoms with E-state index in [1.807, 2.05) is 0 Å². The second-order valence-electron chi connectivity index (χ2n) is 3.63. The highest BCUT2D eigenvalue weighted by Crippen LogP contribution is 2.40. The Bertz CT molecular complexity index is 483. The van der Waals surface area contributed by atoms with Gasteiger partial charge in [0, 0.05) is 18.7 Å². The molecule has 3 atom stereocenters. The predicted octanol–water partition coefficient (Wildman–Crippen LogP) is -1.11. The predicted molar refractivity (Wildman–Crippen MR) is 59.4 cm³/mol. The molecule has 0 saturated carbocycles. The quantitative estimate of drug-likeness (QED) is 0.613. The van der Waals surface area contributed by atoms with Crippen LogP contribution in [0.3, 0.4) is 0 Å². The average Bonchev–Trinajstić information content (AvgIpc) is 2.59. The van der Waals surface area contributed by atoms with Crippen LogP contribution < -0.4 is 11.2 Å². The van der Waals surface area contributed by atoms with Gasteiger partial charge in [-0.3, -0.25) is 14.3 Å². The molecule has 0 radical (unpaired) electrons. The molecule has 1 fully saturated rings. The maximum absolute atomic E-state index is 11.5.